The molecule has 19 nitrogen and oxygen atoms in total. The maximum Gasteiger partial charge on any atom is 0.220 e. The zero-order valence-electron chi connectivity index (χ0n) is 53.8. The fraction of sp³-hybridized carbons (Fsp3) is 0.676. The average molecular weight is 1270 g/mol. The Labute approximate surface area is 537 Å². The quantitative estimate of drug-likeness (QED) is 0.0202. The summed E-state index contributed by atoms with van der Waals surface area (Å²) in [4.78, 5) is 13.3. The molecule has 3 aliphatic heterocycles. The van der Waals surface area contributed by atoms with E-state index in [0.717, 1.165) is 122 Å². The lowest BCUT2D eigenvalue weighted by atomic mass is 9.96. The molecule has 3 saturated heterocycles. The highest BCUT2D eigenvalue weighted by molar-refractivity contribution is 5.76. The number of hydrogen-bond donors (Lipinski definition) is 12. The second-order valence-corrected chi connectivity index (χ2v) is 23.2. The number of allylic oxidation sites excluding steroid dienone is 22. The van der Waals surface area contributed by atoms with E-state index in [1.807, 2.05) is 0 Å². The molecule has 17 atom stereocenters. The van der Waals surface area contributed by atoms with Crippen molar-refractivity contribution in [3.63, 3.8) is 0 Å². The lowest BCUT2D eigenvalue weighted by Crippen LogP contribution is -2.66. The monoisotopic (exact) mass is 1270 g/mol. The molecule has 0 aliphatic carbocycles. The normalized spacial score (nSPS) is 28.9. The first kappa shape index (κ1) is 80.2. The first-order chi connectivity index (χ1) is 43.8. The van der Waals surface area contributed by atoms with Crippen molar-refractivity contribution in [2.75, 3.05) is 26.4 Å². The highest BCUT2D eigenvalue weighted by atomic mass is 16.8. The minimum Gasteiger partial charge on any atom is -0.394 e. The van der Waals surface area contributed by atoms with Crippen molar-refractivity contribution in [2.24, 2.45) is 0 Å². The molecule has 3 fully saturated rings. The van der Waals surface area contributed by atoms with Crippen LogP contribution >= 0.6 is 0 Å². The number of rotatable bonds is 48. The summed E-state index contributed by atoms with van der Waals surface area (Å²) < 4.78 is 34.2. The van der Waals surface area contributed by atoms with Crippen LogP contribution in [0.1, 0.15) is 174 Å². The van der Waals surface area contributed by atoms with Gasteiger partial charge in [-0.3, -0.25) is 4.79 Å². The van der Waals surface area contributed by atoms with Gasteiger partial charge in [-0.15, -0.1) is 0 Å². The van der Waals surface area contributed by atoms with E-state index in [0.29, 0.717) is 19.3 Å². The van der Waals surface area contributed by atoms with Crippen molar-refractivity contribution < 1.29 is 89.4 Å². The lowest BCUT2D eigenvalue weighted by Gasteiger charge is -2.48. The third-order valence-corrected chi connectivity index (χ3v) is 15.7. The molecular weight excluding hydrogens is 1150 g/mol. The molecule has 0 aromatic carbocycles. The van der Waals surface area contributed by atoms with Gasteiger partial charge < -0.3 is 89.9 Å². The molecule has 0 saturated carbocycles. The molecule has 90 heavy (non-hydrogen) atoms. The van der Waals surface area contributed by atoms with E-state index in [1.165, 1.54) is 12.8 Å². The molecule has 512 valence electrons. The topological polar surface area (TPSA) is 307 Å². The molecule has 0 spiro atoms. The standard InChI is InChI=1S/C71H115NO18/c1-3-5-7-9-11-13-14-15-16-17-18-19-20-21-22-23-24-25-26-27-28-29-30-31-32-33-34-35-36-37-38-39-40-41-43-45-47-49-59(77)72-54(55(76)48-46-44-42-12-10-8-6-4-2)53-85-69-65(83)62(80)67(57(51-74)87-69)90-71-66(84)63(81)68(58(52-75)88-71)89-70-64(82)61(79)60(78)56(50-73)86-70/h5,7,11,13,15-16,18-19,21-22,24-25,27-28,30-31,33-34,36-37,39-40,54-58,60-71,73-76,78-84H,3-4,6,8-10,12,14,17,20,23,26,29,32,35,38,41-53H2,1-2H3,(H,72,77)/b7-5-,13-11-,16-15-,19-18-,22-21-,25-24-,28-27-,31-30-,34-33-,37-36-,40-39-. The first-order valence-corrected chi connectivity index (χ1v) is 33.4. The van der Waals surface area contributed by atoms with Crippen molar-refractivity contribution in [1.29, 1.82) is 0 Å². The highest BCUT2D eigenvalue weighted by Gasteiger charge is 2.53. The summed E-state index contributed by atoms with van der Waals surface area (Å²) in [6.07, 6.45) is 44.4. The van der Waals surface area contributed by atoms with Gasteiger partial charge in [-0.05, 0) is 96.3 Å². The van der Waals surface area contributed by atoms with Gasteiger partial charge >= 0.3 is 0 Å². The molecule has 0 aromatic heterocycles. The number of carbonyl (C=O) groups is 1. The van der Waals surface area contributed by atoms with Gasteiger partial charge in [0.05, 0.1) is 38.6 Å². The van der Waals surface area contributed by atoms with E-state index in [-0.39, 0.29) is 18.9 Å². The third-order valence-electron chi connectivity index (χ3n) is 15.7. The van der Waals surface area contributed by atoms with Crippen molar-refractivity contribution in [2.45, 2.75) is 279 Å². The van der Waals surface area contributed by atoms with Crippen LogP contribution in [0.15, 0.2) is 134 Å². The zero-order chi connectivity index (χ0) is 65.4. The predicted molar refractivity (Wildman–Crippen MR) is 350 cm³/mol. The van der Waals surface area contributed by atoms with E-state index >= 15 is 0 Å². The second-order valence-electron chi connectivity index (χ2n) is 23.2. The van der Waals surface area contributed by atoms with E-state index in [2.05, 4.69) is 153 Å². The van der Waals surface area contributed by atoms with Gasteiger partial charge in [0.25, 0.3) is 0 Å². The Balaban J connectivity index is 1.35. The zero-order valence-corrected chi connectivity index (χ0v) is 53.8. The summed E-state index contributed by atoms with van der Waals surface area (Å²) >= 11 is 0. The Morgan fingerprint density at radius 1 is 0.411 bits per heavy atom. The van der Waals surface area contributed by atoms with E-state index in [9.17, 15) is 61.0 Å². The highest BCUT2D eigenvalue weighted by Crippen LogP contribution is 2.33. The van der Waals surface area contributed by atoms with Crippen LogP contribution in [-0.4, -0.2) is 193 Å². The van der Waals surface area contributed by atoms with Crippen LogP contribution in [0.3, 0.4) is 0 Å². The van der Waals surface area contributed by atoms with Crippen molar-refractivity contribution >= 4 is 5.91 Å². The van der Waals surface area contributed by atoms with Crippen molar-refractivity contribution in [1.82, 2.24) is 5.32 Å². The summed E-state index contributed by atoms with van der Waals surface area (Å²) in [5.41, 5.74) is 0. The number of hydrogen-bond acceptors (Lipinski definition) is 18. The molecule has 0 bridgehead atoms. The third kappa shape index (κ3) is 33.2. The number of nitrogens with one attached hydrogen (secondary N) is 1. The smallest absolute Gasteiger partial charge is 0.220 e. The number of aliphatic hydroxyl groups excluding tert-OH is 11. The van der Waals surface area contributed by atoms with Gasteiger partial charge in [0, 0.05) is 6.42 Å². The fourth-order valence-electron chi connectivity index (χ4n) is 10.3. The molecule has 1 amide bonds. The number of amides is 1. The average Bonchev–Trinajstić information content (AvgIpc) is 0.847. The van der Waals surface area contributed by atoms with Gasteiger partial charge in [0.2, 0.25) is 5.91 Å². The van der Waals surface area contributed by atoms with Crippen LogP contribution in [0.2, 0.25) is 0 Å². The Bertz CT molecular complexity index is 2150. The molecule has 3 heterocycles. The van der Waals surface area contributed by atoms with Crippen LogP contribution < -0.4 is 5.32 Å². The second kappa shape index (κ2) is 51.4. The summed E-state index contributed by atoms with van der Waals surface area (Å²) in [5.74, 6) is -0.285. The summed E-state index contributed by atoms with van der Waals surface area (Å²) in [5, 5.41) is 120. The SMILES string of the molecule is CC/C=C\C/C=C\C/C=C\C/C=C\C/C=C\C/C=C\C/C=C\C/C=C\C/C=C\C/C=C\C/C=C\CCCCCC(=O)NC(COC1OC(CO)C(OC2OC(CO)C(OC3OC(CO)C(O)C(O)C3O)C(O)C2O)C(O)C1O)C(O)CCCCCCCCCC. The number of carbonyl (C=O) groups excluding carboxylic acids is 1. The fourth-order valence-corrected chi connectivity index (χ4v) is 10.3. The Morgan fingerprint density at radius 2 is 0.767 bits per heavy atom. The molecule has 12 N–H and O–H groups in total. The van der Waals surface area contributed by atoms with Crippen molar-refractivity contribution in [3.05, 3.63) is 134 Å². The Kier molecular flexibility index (Phi) is 45.7. The molecular formula is C71H115NO18. The Hall–Kier alpha value is -4.07. The maximum absolute atomic E-state index is 13.3. The molecule has 0 radical (unpaired) electrons. The number of aliphatic hydroxyl groups is 11. The minimum absolute atomic E-state index is 0.216. The summed E-state index contributed by atoms with van der Waals surface area (Å²) in [6, 6.07) is -0.913. The van der Waals surface area contributed by atoms with Crippen LogP contribution in [0.5, 0.6) is 0 Å². The molecule has 3 aliphatic rings. The first-order valence-electron chi connectivity index (χ1n) is 33.4. The van der Waals surface area contributed by atoms with E-state index < -0.39 is 124 Å². The summed E-state index contributed by atoms with van der Waals surface area (Å²) in [7, 11) is 0. The van der Waals surface area contributed by atoms with Gasteiger partial charge in [-0.2, -0.15) is 0 Å². The van der Waals surface area contributed by atoms with Crippen LogP contribution in [0.25, 0.3) is 0 Å². The van der Waals surface area contributed by atoms with Crippen molar-refractivity contribution in [3.8, 4) is 0 Å². The van der Waals surface area contributed by atoms with Gasteiger partial charge in [-0.1, -0.05) is 205 Å². The van der Waals surface area contributed by atoms with Gasteiger partial charge in [0.15, 0.2) is 18.9 Å². The number of ether oxygens (including phenoxy) is 6. The van der Waals surface area contributed by atoms with E-state index in [1.54, 1.807) is 0 Å². The molecule has 0 aromatic rings. The summed E-state index contributed by atoms with van der Waals surface area (Å²) in [6.45, 7) is 1.57. The largest absolute Gasteiger partial charge is 0.394 e. The maximum atomic E-state index is 13.3. The molecule has 3 rings (SSSR count). The van der Waals surface area contributed by atoms with E-state index in [4.69, 9.17) is 28.4 Å². The van der Waals surface area contributed by atoms with Gasteiger partial charge in [-0.25, -0.2) is 0 Å². The molecule has 17 unspecified atom stereocenters. The molecule has 19 heteroatoms. The number of unbranched alkanes of at least 4 members (excludes halogenated alkanes) is 10. The van der Waals surface area contributed by atoms with Crippen LogP contribution in [0.4, 0.5) is 0 Å². The predicted octanol–water partition coefficient (Wildman–Crippen LogP) is 8.21. The van der Waals surface area contributed by atoms with Gasteiger partial charge in [0.1, 0.15) is 73.2 Å². The lowest BCUT2D eigenvalue weighted by molar-refractivity contribution is -0.379. The van der Waals surface area contributed by atoms with Crippen LogP contribution in [0, 0.1) is 0 Å². The Morgan fingerprint density at radius 3 is 1.19 bits per heavy atom. The minimum atomic E-state index is -1.98. The van der Waals surface area contributed by atoms with Crippen LogP contribution in [-0.2, 0) is 33.2 Å².